The second-order valence-electron chi connectivity index (χ2n) is 7.32. The minimum Gasteiger partial charge on any atom is -0.457 e. The van der Waals surface area contributed by atoms with Crippen LogP contribution in [0, 0.1) is 0 Å². The largest absolute Gasteiger partial charge is 0.457 e. The molecule has 0 aliphatic rings. The first-order valence-corrected chi connectivity index (χ1v) is 12.1. The minimum absolute atomic E-state index is 0.373. The molecule has 9 heteroatoms. The summed E-state index contributed by atoms with van der Waals surface area (Å²) in [6.45, 7) is 0. The van der Waals surface area contributed by atoms with Crippen molar-refractivity contribution in [1.29, 1.82) is 0 Å². The maximum absolute atomic E-state index is 6.09. The van der Waals surface area contributed by atoms with E-state index in [4.69, 9.17) is 52.4 Å². The molecule has 176 valence electrons. The van der Waals surface area contributed by atoms with Gasteiger partial charge in [0.15, 0.2) is 5.11 Å². The Hall–Kier alpha value is -3.36. The Morgan fingerprint density at radius 3 is 2.03 bits per heavy atom. The highest BCUT2D eigenvalue weighted by atomic mass is 35.5. The van der Waals surface area contributed by atoms with Gasteiger partial charge in [-0.2, -0.15) is 0 Å². The Labute approximate surface area is 224 Å². The van der Waals surface area contributed by atoms with Crippen LogP contribution >= 0.6 is 47.6 Å². The van der Waals surface area contributed by atoms with Gasteiger partial charge < -0.3 is 26.0 Å². The molecule has 0 fully saturated rings. The lowest BCUT2D eigenvalue weighted by molar-refractivity contribution is 0.483. The standard InChI is InChI=1S/C26H20Cl2N4OS2/c27-17-12-18(28)14-21(13-17)31-26(35)32-25-15-20(29-16-34)8-11-24(25)30-19-6-9-23(10-7-19)33-22-4-2-1-3-5-22/h1-16,30H,(H,29,34)(H2,31,32,35). The van der Waals surface area contributed by atoms with Crippen molar-refractivity contribution in [1.82, 2.24) is 0 Å². The number of halogens is 2. The van der Waals surface area contributed by atoms with Gasteiger partial charge in [-0.15, -0.1) is 0 Å². The summed E-state index contributed by atoms with van der Waals surface area (Å²) >= 11 is 22.6. The molecule has 5 nitrogen and oxygen atoms in total. The van der Waals surface area contributed by atoms with Gasteiger partial charge in [0.1, 0.15) is 11.5 Å². The third-order valence-corrected chi connectivity index (χ3v) is 5.48. The SMILES string of the molecule is S=CNc1ccc(Nc2ccc(Oc3ccccc3)cc2)c(NC(=S)Nc2cc(Cl)cc(Cl)c2)c1. The zero-order valence-corrected chi connectivity index (χ0v) is 21.4. The van der Waals surface area contributed by atoms with Crippen LogP contribution in [0.1, 0.15) is 0 Å². The number of anilines is 5. The van der Waals surface area contributed by atoms with Gasteiger partial charge in [0.2, 0.25) is 0 Å². The summed E-state index contributed by atoms with van der Waals surface area (Å²) in [5, 5.41) is 14.1. The molecule has 4 rings (SSSR count). The summed E-state index contributed by atoms with van der Waals surface area (Å²) in [7, 11) is 0. The van der Waals surface area contributed by atoms with E-state index in [1.807, 2.05) is 72.8 Å². The van der Waals surface area contributed by atoms with E-state index in [1.54, 1.807) is 18.2 Å². The van der Waals surface area contributed by atoms with Crippen LogP contribution in [-0.4, -0.2) is 10.6 Å². The first-order valence-electron chi connectivity index (χ1n) is 10.5. The molecular formula is C26H20Cl2N4OS2. The second-order valence-corrected chi connectivity index (χ2v) is 8.84. The molecule has 0 aliphatic heterocycles. The van der Waals surface area contributed by atoms with Gasteiger partial charge in [0, 0.05) is 27.1 Å². The Balaban J connectivity index is 1.50. The van der Waals surface area contributed by atoms with Crippen molar-refractivity contribution < 1.29 is 4.74 Å². The average Bonchev–Trinajstić information content (AvgIpc) is 2.82. The number of para-hydroxylation sites is 1. The van der Waals surface area contributed by atoms with E-state index in [-0.39, 0.29) is 0 Å². The van der Waals surface area contributed by atoms with Crippen molar-refractivity contribution in [2.75, 3.05) is 21.3 Å². The smallest absolute Gasteiger partial charge is 0.175 e. The number of hydrogen-bond donors (Lipinski definition) is 4. The number of thiocarbonyl (C=S) groups is 2. The van der Waals surface area contributed by atoms with Gasteiger partial charge in [0.05, 0.1) is 16.9 Å². The molecule has 0 bridgehead atoms. The molecule has 4 aromatic carbocycles. The van der Waals surface area contributed by atoms with E-state index in [1.165, 1.54) is 5.49 Å². The monoisotopic (exact) mass is 538 g/mol. The Kier molecular flexibility index (Phi) is 8.39. The lowest BCUT2D eigenvalue weighted by Gasteiger charge is -2.17. The van der Waals surface area contributed by atoms with Crippen molar-refractivity contribution in [3.63, 3.8) is 0 Å². The topological polar surface area (TPSA) is 57.4 Å². The van der Waals surface area contributed by atoms with Crippen molar-refractivity contribution >= 4 is 86.7 Å². The number of hydrogen-bond acceptors (Lipinski definition) is 4. The molecule has 0 saturated heterocycles. The highest BCUT2D eigenvalue weighted by molar-refractivity contribution is 7.80. The van der Waals surface area contributed by atoms with Crippen molar-refractivity contribution in [2.24, 2.45) is 0 Å². The molecule has 4 aromatic rings. The predicted molar refractivity (Wildman–Crippen MR) is 156 cm³/mol. The zero-order valence-electron chi connectivity index (χ0n) is 18.2. The Bertz CT molecular complexity index is 1320. The highest BCUT2D eigenvalue weighted by Gasteiger charge is 2.09. The van der Waals surface area contributed by atoms with Crippen molar-refractivity contribution in [3.8, 4) is 11.5 Å². The predicted octanol–water partition coefficient (Wildman–Crippen LogP) is 8.71. The van der Waals surface area contributed by atoms with E-state index in [9.17, 15) is 0 Å². The van der Waals surface area contributed by atoms with Gasteiger partial charge in [-0.05, 0) is 85.0 Å². The molecule has 0 aromatic heterocycles. The lowest BCUT2D eigenvalue weighted by Crippen LogP contribution is -2.20. The summed E-state index contributed by atoms with van der Waals surface area (Å²) in [4.78, 5) is 0. The quantitative estimate of drug-likeness (QED) is 0.167. The molecule has 4 N–H and O–H groups in total. The third-order valence-electron chi connectivity index (χ3n) is 4.73. The Morgan fingerprint density at radius 2 is 1.34 bits per heavy atom. The van der Waals surface area contributed by atoms with E-state index in [0.717, 1.165) is 34.2 Å². The molecule has 0 unspecified atom stereocenters. The van der Waals surface area contributed by atoms with E-state index < -0.39 is 0 Å². The third kappa shape index (κ3) is 7.31. The van der Waals surface area contributed by atoms with E-state index in [2.05, 4.69) is 21.3 Å². The van der Waals surface area contributed by atoms with Crippen LogP contribution in [0.15, 0.2) is 91.0 Å². The first-order chi connectivity index (χ1) is 17.0. The molecule has 35 heavy (non-hydrogen) atoms. The van der Waals surface area contributed by atoms with Crippen molar-refractivity contribution in [2.45, 2.75) is 0 Å². The maximum Gasteiger partial charge on any atom is 0.175 e. The minimum atomic E-state index is 0.373. The molecule has 0 aliphatic carbocycles. The maximum atomic E-state index is 6.09. The lowest BCUT2D eigenvalue weighted by atomic mass is 10.2. The summed E-state index contributed by atoms with van der Waals surface area (Å²) in [6.07, 6.45) is 0. The number of nitrogens with one attached hydrogen (secondary N) is 4. The van der Waals surface area contributed by atoms with Gasteiger partial charge >= 0.3 is 0 Å². The summed E-state index contributed by atoms with van der Waals surface area (Å²) in [5.41, 5.74) is 5.36. The number of rotatable bonds is 8. The Morgan fingerprint density at radius 1 is 0.686 bits per heavy atom. The fourth-order valence-corrected chi connectivity index (χ4v) is 4.10. The highest BCUT2D eigenvalue weighted by Crippen LogP contribution is 2.31. The van der Waals surface area contributed by atoms with Crippen LogP contribution in [0.4, 0.5) is 28.4 Å². The summed E-state index contributed by atoms with van der Waals surface area (Å²) in [5.74, 6) is 1.52. The van der Waals surface area contributed by atoms with Gasteiger partial charge in [-0.25, -0.2) is 0 Å². The van der Waals surface area contributed by atoms with Crippen LogP contribution in [0.5, 0.6) is 11.5 Å². The van der Waals surface area contributed by atoms with E-state index in [0.29, 0.717) is 20.8 Å². The van der Waals surface area contributed by atoms with Crippen LogP contribution in [0.2, 0.25) is 10.0 Å². The summed E-state index contributed by atoms with van der Waals surface area (Å²) < 4.78 is 5.87. The van der Waals surface area contributed by atoms with Crippen molar-refractivity contribution in [3.05, 3.63) is 101 Å². The number of ether oxygens (including phenoxy) is 1. The fourth-order valence-electron chi connectivity index (χ4n) is 3.21. The summed E-state index contributed by atoms with van der Waals surface area (Å²) in [6, 6.07) is 28.2. The van der Waals surface area contributed by atoms with Gasteiger partial charge in [0.25, 0.3) is 0 Å². The molecule has 0 heterocycles. The van der Waals surface area contributed by atoms with Gasteiger partial charge in [-0.3, -0.25) is 0 Å². The molecular weight excluding hydrogens is 519 g/mol. The molecule has 0 spiro atoms. The van der Waals surface area contributed by atoms with Crippen LogP contribution in [-0.2, 0) is 0 Å². The normalized spacial score (nSPS) is 10.2. The first kappa shape index (κ1) is 24.8. The van der Waals surface area contributed by atoms with Crippen LogP contribution in [0.3, 0.4) is 0 Å². The van der Waals surface area contributed by atoms with Crippen LogP contribution in [0.25, 0.3) is 0 Å². The average molecular weight is 540 g/mol. The fraction of sp³-hybridized carbons (Fsp3) is 0. The number of benzene rings is 4. The van der Waals surface area contributed by atoms with Gasteiger partial charge in [-0.1, -0.05) is 53.6 Å². The molecule has 0 amide bonds. The second kappa shape index (κ2) is 11.9. The van der Waals surface area contributed by atoms with Crippen LogP contribution < -0.4 is 26.0 Å². The molecule has 0 saturated carbocycles. The molecule has 0 atom stereocenters. The zero-order chi connectivity index (χ0) is 24.6. The molecule has 0 radical (unpaired) electrons. The van der Waals surface area contributed by atoms with E-state index >= 15 is 0 Å².